The van der Waals surface area contributed by atoms with E-state index in [1.54, 1.807) is 24.3 Å². The van der Waals surface area contributed by atoms with E-state index in [1.165, 1.54) is 0 Å². The first-order chi connectivity index (χ1) is 10.2. The molecule has 0 aliphatic heterocycles. The van der Waals surface area contributed by atoms with Gasteiger partial charge in [-0.2, -0.15) is 0 Å². The fourth-order valence-corrected chi connectivity index (χ4v) is 1.70. The van der Waals surface area contributed by atoms with Gasteiger partial charge in [-0.15, -0.1) is 0 Å². The van der Waals surface area contributed by atoms with Gasteiger partial charge in [0.25, 0.3) is 0 Å². The number of hydrogen-bond donors (Lipinski definition) is 1. The number of para-hydroxylation sites is 1. The van der Waals surface area contributed by atoms with Crippen LogP contribution in [0.15, 0.2) is 54.6 Å². The summed E-state index contributed by atoms with van der Waals surface area (Å²) in [5.74, 6) is 1.23. The summed E-state index contributed by atoms with van der Waals surface area (Å²) >= 11 is 0. The number of rotatable bonds is 5. The van der Waals surface area contributed by atoms with E-state index in [4.69, 9.17) is 9.47 Å². The van der Waals surface area contributed by atoms with Gasteiger partial charge in [0.2, 0.25) is 0 Å². The highest BCUT2D eigenvalue weighted by Gasteiger charge is 2.06. The van der Waals surface area contributed by atoms with Crippen molar-refractivity contribution >= 4 is 11.8 Å². The van der Waals surface area contributed by atoms with Gasteiger partial charge >= 0.3 is 6.09 Å². The van der Waals surface area contributed by atoms with Crippen molar-refractivity contribution in [2.24, 2.45) is 0 Å². The molecule has 1 atom stereocenters. The maximum absolute atomic E-state index is 11.8. The number of carbonyl (C=O) groups excluding carboxylic acids is 1. The molecule has 1 N–H and O–H groups in total. The minimum absolute atomic E-state index is 0.136. The Morgan fingerprint density at radius 2 is 1.81 bits per heavy atom. The average Bonchev–Trinajstić information content (AvgIpc) is 2.48. The Morgan fingerprint density at radius 1 is 1.10 bits per heavy atom. The molecule has 110 valence electrons. The zero-order chi connectivity index (χ0) is 15.1. The molecule has 4 heteroatoms. The molecule has 1 unspecified atom stereocenters. The molecule has 2 aromatic rings. The van der Waals surface area contributed by atoms with Gasteiger partial charge in [-0.25, -0.2) is 4.79 Å². The number of nitrogens with one attached hydrogen (secondary N) is 1. The van der Waals surface area contributed by atoms with Crippen LogP contribution in [-0.4, -0.2) is 12.2 Å². The monoisotopic (exact) mass is 285 g/mol. The minimum atomic E-state index is -0.526. The molecule has 0 aliphatic rings. The Balaban J connectivity index is 1.96. The summed E-state index contributed by atoms with van der Waals surface area (Å²) in [6.45, 7) is 4.06. The molecule has 2 rings (SSSR count). The highest BCUT2D eigenvalue weighted by atomic mass is 16.6. The molecule has 1 amide bonds. The molecule has 0 aliphatic carbocycles. The fraction of sp³-hybridized carbons (Fsp3) is 0.235. The van der Waals surface area contributed by atoms with E-state index < -0.39 is 6.09 Å². The van der Waals surface area contributed by atoms with Crippen LogP contribution in [-0.2, 0) is 0 Å². The molecule has 0 saturated carbocycles. The highest BCUT2D eigenvalue weighted by Crippen LogP contribution is 2.19. The number of anilines is 1. The molecule has 21 heavy (non-hydrogen) atoms. The molecule has 0 radical (unpaired) electrons. The Bertz CT molecular complexity index is 584. The van der Waals surface area contributed by atoms with E-state index in [9.17, 15) is 4.79 Å². The van der Waals surface area contributed by atoms with Crippen LogP contribution in [0.2, 0.25) is 0 Å². The molecule has 0 saturated heterocycles. The zero-order valence-electron chi connectivity index (χ0n) is 12.2. The van der Waals surface area contributed by atoms with Crippen molar-refractivity contribution in [1.29, 1.82) is 0 Å². The second kappa shape index (κ2) is 7.33. The van der Waals surface area contributed by atoms with Crippen LogP contribution < -0.4 is 14.8 Å². The predicted molar refractivity (Wildman–Crippen MR) is 82.9 cm³/mol. The van der Waals surface area contributed by atoms with Gasteiger partial charge in [-0.3, -0.25) is 5.32 Å². The Labute approximate surface area is 124 Å². The van der Waals surface area contributed by atoms with Gasteiger partial charge in [0.15, 0.2) is 0 Å². The number of hydrogen-bond acceptors (Lipinski definition) is 3. The van der Waals surface area contributed by atoms with Crippen molar-refractivity contribution < 1.29 is 14.3 Å². The molecular formula is C17H19NO3. The Kier molecular flexibility index (Phi) is 5.21. The second-order valence-electron chi connectivity index (χ2n) is 4.69. The fourth-order valence-electron chi connectivity index (χ4n) is 1.70. The van der Waals surface area contributed by atoms with Crippen molar-refractivity contribution in [3.8, 4) is 11.5 Å². The summed E-state index contributed by atoms with van der Waals surface area (Å²) in [5, 5.41) is 2.68. The molecule has 0 fully saturated rings. The topological polar surface area (TPSA) is 47.6 Å². The van der Waals surface area contributed by atoms with E-state index in [2.05, 4.69) is 12.2 Å². The van der Waals surface area contributed by atoms with Gasteiger partial charge in [0.05, 0.1) is 6.10 Å². The molecular weight excluding hydrogens is 266 g/mol. The summed E-state index contributed by atoms with van der Waals surface area (Å²) in [6, 6.07) is 16.2. The van der Waals surface area contributed by atoms with E-state index >= 15 is 0 Å². The van der Waals surface area contributed by atoms with E-state index in [0.717, 1.165) is 12.2 Å². The van der Waals surface area contributed by atoms with E-state index in [0.29, 0.717) is 11.4 Å². The third-order valence-electron chi connectivity index (χ3n) is 2.95. The highest BCUT2D eigenvalue weighted by molar-refractivity contribution is 5.86. The molecule has 0 spiro atoms. The number of ether oxygens (including phenoxy) is 2. The Morgan fingerprint density at radius 3 is 2.52 bits per heavy atom. The van der Waals surface area contributed by atoms with Crippen molar-refractivity contribution in [2.75, 3.05) is 5.32 Å². The van der Waals surface area contributed by atoms with Crippen molar-refractivity contribution in [3.05, 3.63) is 54.6 Å². The third kappa shape index (κ3) is 4.84. The first-order valence-corrected chi connectivity index (χ1v) is 6.98. The average molecular weight is 285 g/mol. The molecule has 2 aromatic carbocycles. The standard InChI is InChI=1S/C17H19NO3/c1-3-13(2)20-16-11-7-8-14(12-16)18-17(19)21-15-9-5-4-6-10-15/h4-13H,3H2,1-2H3,(H,18,19). The quantitative estimate of drug-likeness (QED) is 0.881. The molecule has 4 nitrogen and oxygen atoms in total. The van der Waals surface area contributed by atoms with Gasteiger partial charge < -0.3 is 9.47 Å². The zero-order valence-corrected chi connectivity index (χ0v) is 12.2. The minimum Gasteiger partial charge on any atom is -0.491 e. The lowest BCUT2D eigenvalue weighted by atomic mass is 10.3. The summed E-state index contributed by atoms with van der Waals surface area (Å²) in [6.07, 6.45) is 0.534. The van der Waals surface area contributed by atoms with Crippen molar-refractivity contribution in [3.63, 3.8) is 0 Å². The number of carbonyl (C=O) groups is 1. The van der Waals surface area contributed by atoms with E-state index in [-0.39, 0.29) is 6.10 Å². The van der Waals surface area contributed by atoms with Crippen LogP contribution in [0.4, 0.5) is 10.5 Å². The first kappa shape index (κ1) is 14.9. The largest absolute Gasteiger partial charge is 0.491 e. The summed E-state index contributed by atoms with van der Waals surface area (Å²) < 4.78 is 10.9. The lowest BCUT2D eigenvalue weighted by molar-refractivity contribution is 0.215. The van der Waals surface area contributed by atoms with Crippen molar-refractivity contribution in [1.82, 2.24) is 0 Å². The normalized spacial score (nSPS) is 11.5. The predicted octanol–water partition coefficient (Wildman–Crippen LogP) is 4.47. The lowest BCUT2D eigenvalue weighted by Gasteiger charge is -2.13. The smallest absolute Gasteiger partial charge is 0.417 e. The maximum atomic E-state index is 11.8. The van der Waals surface area contributed by atoms with Gasteiger partial charge in [-0.1, -0.05) is 31.2 Å². The van der Waals surface area contributed by atoms with Crippen LogP contribution in [0.5, 0.6) is 11.5 Å². The number of amides is 1. The maximum Gasteiger partial charge on any atom is 0.417 e. The SMILES string of the molecule is CCC(C)Oc1cccc(NC(=O)Oc2ccccc2)c1. The van der Waals surface area contributed by atoms with E-state index in [1.807, 2.05) is 37.3 Å². The van der Waals surface area contributed by atoms with Crippen LogP contribution in [0, 0.1) is 0 Å². The van der Waals surface area contributed by atoms with Crippen molar-refractivity contribution in [2.45, 2.75) is 26.4 Å². The Hall–Kier alpha value is -2.49. The second-order valence-corrected chi connectivity index (χ2v) is 4.69. The lowest BCUT2D eigenvalue weighted by Crippen LogP contribution is -2.17. The molecule has 0 aromatic heterocycles. The van der Waals surface area contributed by atoms with Gasteiger partial charge in [0.1, 0.15) is 11.5 Å². The van der Waals surface area contributed by atoms with Crippen LogP contribution in [0.25, 0.3) is 0 Å². The summed E-state index contributed by atoms with van der Waals surface area (Å²) in [7, 11) is 0. The van der Waals surface area contributed by atoms with Gasteiger partial charge in [-0.05, 0) is 37.6 Å². The van der Waals surface area contributed by atoms with Crippen LogP contribution in [0.1, 0.15) is 20.3 Å². The third-order valence-corrected chi connectivity index (χ3v) is 2.95. The van der Waals surface area contributed by atoms with Crippen LogP contribution in [0.3, 0.4) is 0 Å². The molecule has 0 heterocycles. The summed E-state index contributed by atoms with van der Waals surface area (Å²) in [5.41, 5.74) is 0.636. The number of benzene rings is 2. The molecule has 0 bridgehead atoms. The first-order valence-electron chi connectivity index (χ1n) is 6.98. The van der Waals surface area contributed by atoms with Crippen LogP contribution >= 0.6 is 0 Å². The summed E-state index contributed by atoms with van der Waals surface area (Å²) in [4.78, 5) is 11.8. The van der Waals surface area contributed by atoms with Gasteiger partial charge in [0, 0.05) is 11.8 Å².